The Kier molecular flexibility index (Phi) is 3.85. The minimum atomic E-state index is -0.260. The normalized spacial score (nSPS) is 16.1. The van der Waals surface area contributed by atoms with Crippen molar-refractivity contribution in [1.82, 2.24) is 0 Å². The molecule has 3 aromatic rings. The summed E-state index contributed by atoms with van der Waals surface area (Å²) in [5, 5.41) is 1.05. The van der Waals surface area contributed by atoms with Gasteiger partial charge in [0.1, 0.15) is 12.6 Å². The lowest BCUT2D eigenvalue weighted by atomic mass is 9.90. The summed E-state index contributed by atoms with van der Waals surface area (Å²) >= 11 is 0. The van der Waals surface area contributed by atoms with Crippen molar-refractivity contribution in [3.63, 3.8) is 0 Å². The Morgan fingerprint density at radius 1 is 1.07 bits per heavy atom. The molecule has 4 heterocycles. The molecule has 0 amide bonds. The van der Waals surface area contributed by atoms with Crippen molar-refractivity contribution in [2.24, 2.45) is 7.05 Å². The molecular formula is C23H23N2O2+. The van der Waals surface area contributed by atoms with E-state index in [1.807, 2.05) is 54.4 Å². The van der Waals surface area contributed by atoms with E-state index in [0.29, 0.717) is 5.56 Å². The van der Waals surface area contributed by atoms with E-state index in [4.69, 9.17) is 4.42 Å². The average Bonchev–Trinajstić information content (AvgIpc) is 2.69. The number of benzene rings is 1. The first kappa shape index (κ1) is 16.3. The number of anilines is 1. The van der Waals surface area contributed by atoms with E-state index in [0.717, 1.165) is 48.9 Å². The number of rotatable bonds is 2. The molecule has 1 aromatic carbocycles. The molecule has 0 aliphatic carbocycles. The van der Waals surface area contributed by atoms with E-state index >= 15 is 0 Å². The quantitative estimate of drug-likeness (QED) is 0.519. The second-order valence-corrected chi connectivity index (χ2v) is 7.59. The molecule has 27 heavy (non-hydrogen) atoms. The molecule has 0 saturated heterocycles. The molecule has 0 N–H and O–H groups in total. The predicted molar refractivity (Wildman–Crippen MR) is 108 cm³/mol. The fourth-order valence-electron chi connectivity index (χ4n) is 4.39. The zero-order valence-electron chi connectivity index (χ0n) is 15.6. The lowest BCUT2D eigenvalue weighted by Gasteiger charge is -2.37. The molecule has 2 aliphatic heterocycles. The Labute approximate surface area is 158 Å². The van der Waals surface area contributed by atoms with Crippen LogP contribution in [-0.4, -0.2) is 13.1 Å². The van der Waals surface area contributed by atoms with Crippen molar-refractivity contribution in [3.05, 3.63) is 69.3 Å². The summed E-state index contributed by atoms with van der Waals surface area (Å²) in [6.45, 7) is 2.23. The SMILES string of the molecule is C[n+]1ccc(/C=C/c2cc3cc4c5c(c3oc2=O)CCCN5CCC4)cc1. The highest BCUT2D eigenvalue weighted by Gasteiger charge is 2.26. The van der Waals surface area contributed by atoms with Crippen LogP contribution in [0.5, 0.6) is 0 Å². The Balaban J connectivity index is 1.62. The van der Waals surface area contributed by atoms with Crippen LogP contribution in [0, 0.1) is 0 Å². The van der Waals surface area contributed by atoms with Crippen molar-refractivity contribution < 1.29 is 8.98 Å². The number of hydrogen-bond donors (Lipinski definition) is 0. The molecule has 4 heteroatoms. The largest absolute Gasteiger partial charge is 0.422 e. The standard InChI is InChI=1S/C23H23N2O2/c1-24-12-8-16(9-13-24)6-7-18-15-19-14-17-4-2-10-25-11-3-5-20(21(17)25)22(19)27-23(18)26/h6-9,12-15H,2-5,10-11H2,1H3/q+1. The van der Waals surface area contributed by atoms with Crippen LogP contribution in [0.3, 0.4) is 0 Å². The summed E-state index contributed by atoms with van der Waals surface area (Å²) in [6, 6.07) is 8.27. The van der Waals surface area contributed by atoms with Gasteiger partial charge in [-0.15, -0.1) is 0 Å². The Bertz CT molecular complexity index is 1110. The number of aryl methyl sites for hydroxylation is 3. The van der Waals surface area contributed by atoms with Crippen molar-refractivity contribution in [3.8, 4) is 0 Å². The highest BCUT2D eigenvalue weighted by atomic mass is 16.4. The molecule has 0 spiro atoms. The molecule has 0 atom stereocenters. The highest BCUT2D eigenvalue weighted by Crippen LogP contribution is 2.39. The van der Waals surface area contributed by atoms with Gasteiger partial charge in [0.05, 0.1) is 5.56 Å². The first-order valence-corrected chi connectivity index (χ1v) is 9.70. The second kappa shape index (κ2) is 6.38. The van der Waals surface area contributed by atoms with Crippen molar-refractivity contribution >= 4 is 28.8 Å². The third-order valence-corrected chi connectivity index (χ3v) is 5.70. The predicted octanol–water partition coefficient (Wildman–Crippen LogP) is 3.49. The first-order chi connectivity index (χ1) is 13.2. The summed E-state index contributed by atoms with van der Waals surface area (Å²) in [6.07, 6.45) is 12.2. The van der Waals surface area contributed by atoms with Crippen LogP contribution in [0.1, 0.15) is 35.1 Å². The number of aromatic nitrogens is 1. The van der Waals surface area contributed by atoms with E-state index in [-0.39, 0.29) is 5.63 Å². The molecule has 0 saturated carbocycles. The van der Waals surface area contributed by atoms with Gasteiger partial charge >= 0.3 is 5.63 Å². The third kappa shape index (κ3) is 2.85. The second-order valence-electron chi connectivity index (χ2n) is 7.59. The molecule has 0 bridgehead atoms. The van der Waals surface area contributed by atoms with Crippen LogP contribution in [-0.2, 0) is 19.9 Å². The number of nitrogens with zero attached hydrogens (tertiary/aromatic N) is 2. The van der Waals surface area contributed by atoms with Gasteiger partial charge in [-0.05, 0) is 55.0 Å². The minimum absolute atomic E-state index is 0.260. The summed E-state index contributed by atoms with van der Waals surface area (Å²) in [4.78, 5) is 15.1. The lowest BCUT2D eigenvalue weighted by Crippen LogP contribution is -2.34. The monoisotopic (exact) mass is 359 g/mol. The van der Waals surface area contributed by atoms with Gasteiger partial charge < -0.3 is 9.32 Å². The van der Waals surface area contributed by atoms with Gasteiger partial charge in [0.25, 0.3) is 0 Å². The van der Waals surface area contributed by atoms with Crippen molar-refractivity contribution in [1.29, 1.82) is 0 Å². The molecule has 136 valence electrons. The Morgan fingerprint density at radius 3 is 2.67 bits per heavy atom. The first-order valence-electron chi connectivity index (χ1n) is 9.70. The van der Waals surface area contributed by atoms with E-state index in [2.05, 4.69) is 11.0 Å². The Hall–Kier alpha value is -2.88. The van der Waals surface area contributed by atoms with Crippen LogP contribution in [0.4, 0.5) is 5.69 Å². The van der Waals surface area contributed by atoms with E-state index in [9.17, 15) is 4.79 Å². The van der Waals surface area contributed by atoms with Gasteiger partial charge in [-0.3, -0.25) is 0 Å². The summed E-state index contributed by atoms with van der Waals surface area (Å²) in [5.74, 6) is 0. The minimum Gasteiger partial charge on any atom is -0.422 e. The summed E-state index contributed by atoms with van der Waals surface area (Å²) in [7, 11) is 1.99. The molecule has 2 aliphatic rings. The average molecular weight is 359 g/mol. The molecule has 4 nitrogen and oxygen atoms in total. The summed E-state index contributed by atoms with van der Waals surface area (Å²) < 4.78 is 7.82. The molecule has 0 unspecified atom stereocenters. The van der Waals surface area contributed by atoms with Crippen molar-refractivity contribution in [2.45, 2.75) is 25.7 Å². The van der Waals surface area contributed by atoms with Gasteiger partial charge in [-0.2, -0.15) is 0 Å². The van der Waals surface area contributed by atoms with Crippen LogP contribution >= 0.6 is 0 Å². The number of pyridine rings is 1. The fourth-order valence-corrected chi connectivity index (χ4v) is 4.39. The number of hydrogen-bond acceptors (Lipinski definition) is 3. The van der Waals surface area contributed by atoms with Gasteiger partial charge in [0.15, 0.2) is 12.4 Å². The maximum atomic E-state index is 12.6. The van der Waals surface area contributed by atoms with E-state index in [1.54, 1.807) is 0 Å². The molecule has 0 fully saturated rings. The fraction of sp³-hybridized carbons (Fsp3) is 0.304. The Morgan fingerprint density at radius 2 is 1.85 bits per heavy atom. The molecule has 5 rings (SSSR count). The zero-order valence-corrected chi connectivity index (χ0v) is 15.6. The maximum absolute atomic E-state index is 12.6. The van der Waals surface area contributed by atoms with Crippen LogP contribution in [0.2, 0.25) is 0 Å². The number of fused-ring (bicyclic) bond motifs is 2. The lowest BCUT2D eigenvalue weighted by molar-refractivity contribution is -0.671. The van der Waals surface area contributed by atoms with Crippen LogP contribution in [0.15, 0.2) is 45.9 Å². The van der Waals surface area contributed by atoms with Gasteiger partial charge in [-0.1, -0.05) is 6.08 Å². The van der Waals surface area contributed by atoms with E-state index < -0.39 is 0 Å². The topological polar surface area (TPSA) is 37.3 Å². The van der Waals surface area contributed by atoms with Crippen LogP contribution < -0.4 is 15.1 Å². The molecule has 2 aromatic heterocycles. The van der Waals surface area contributed by atoms with Gasteiger partial charge in [0, 0.05) is 41.9 Å². The molecular weight excluding hydrogens is 336 g/mol. The molecule has 0 radical (unpaired) electrons. The van der Waals surface area contributed by atoms with Crippen LogP contribution in [0.25, 0.3) is 23.1 Å². The smallest absolute Gasteiger partial charge is 0.343 e. The zero-order chi connectivity index (χ0) is 18.4. The maximum Gasteiger partial charge on any atom is 0.343 e. The third-order valence-electron chi connectivity index (χ3n) is 5.70. The van der Waals surface area contributed by atoms with Gasteiger partial charge in [-0.25, -0.2) is 9.36 Å². The highest BCUT2D eigenvalue weighted by molar-refractivity contribution is 5.90. The summed E-state index contributed by atoms with van der Waals surface area (Å²) in [5.41, 5.74) is 6.16. The van der Waals surface area contributed by atoms with Crippen molar-refractivity contribution in [2.75, 3.05) is 18.0 Å². The van der Waals surface area contributed by atoms with Gasteiger partial charge in [0.2, 0.25) is 0 Å². The van der Waals surface area contributed by atoms with E-state index in [1.165, 1.54) is 23.2 Å².